The first-order chi connectivity index (χ1) is 29.3. The van der Waals surface area contributed by atoms with Crippen molar-refractivity contribution in [3.8, 4) is 39.5 Å². The minimum atomic E-state index is 0.631. The van der Waals surface area contributed by atoms with Crippen LogP contribution in [0.25, 0.3) is 105 Å². The lowest BCUT2D eigenvalue weighted by Crippen LogP contribution is -2.16. The first-order valence-electron chi connectivity index (χ1n) is 20.0. The Morgan fingerprint density at radius 1 is 0.424 bits per heavy atom. The molecule has 0 spiro atoms. The van der Waals surface area contributed by atoms with E-state index in [2.05, 4.69) is 185 Å². The summed E-state index contributed by atoms with van der Waals surface area (Å²) >= 11 is 0. The van der Waals surface area contributed by atoms with Gasteiger partial charge in [-0.1, -0.05) is 127 Å². The standard InChI is InChI=1S/C54H32N4O/c1-2-18-37(19-3-1)57-44-24-9-6-20-38(44)39-29-28-36(32-47(39)57)51-53-52(42-22-8-11-27-49(42)59-53)56-54(55-51)41-21-7-10-25-45(41)58-46-26-13-17-33-16-12-23-40(50(33)46)43-30-34-14-4-5-15-35(34)31-48(43)58/h1-32H. The molecule has 5 heteroatoms. The van der Waals surface area contributed by atoms with Gasteiger partial charge in [0.2, 0.25) is 0 Å². The van der Waals surface area contributed by atoms with Crippen LogP contribution in [0.1, 0.15) is 0 Å². The highest BCUT2D eigenvalue weighted by atomic mass is 16.3. The number of hydrogen-bond donors (Lipinski definition) is 0. The minimum Gasteiger partial charge on any atom is -0.452 e. The maximum Gasteiger partial charge on any atom is 0.180 e. The van der Waals surface area contributed by atoms with Crippen LogP contribution in [0.5, 0.6) is 0 Å². The third-order valence-electron chi connectivity index (χ3n) is 12.1. The van der Waals surface area contributed by atoms with Crippen molar-refractivity contribution in [1.82, 2.24) is 14.5 Å². The van der Waals surface area contributed by atoms with Gasteiger partial charge in [-0.05, 0) is 88.5 Å². The van der Waals surface area contributed by atoms with Gasteiger partial charge in [0.25, 0.3) is 0 Å². The highest BCUT2D eigenvalue weighted by Gasteiger charge is 2.29. The van der Waals surface area contributed by atoms with E-state index in [0.717, 1.165) is 67.1 Å². The van der Waals surface area contributed by atoms with Crippen molar-refractivity contribution in [1.29, 1.82) is 0 Å². The van der Waals surface area contributed by atoms with E-state index in [1.807, 2.05) is 18.2 Å². The van der Waals surface area contributed by atoms with E-state index in [-0.39, 0.29) is 0 Å². The van der Waals surface area contributed by atoms with Gasteiger partial charge in [-0.25, -0.2) is 9.97 Å². The molecule has 0 amide bonds. The van der Waals surface area contributed by atoms with E-state index in [9.17, 15) is 0 Å². The Kier molecular flexibility index (Phi) is 6.66. The lowest BCUT2D eigenvalue weighted by atomic mass is 9.89. The summed E-state index contributed by atoms with van der Waals surface area (Å²) in [6, 6.07) is 69.1. The highest BCUT2D eigenvalue weighted by Crippen LogP contribution is 2.53. The topological polar surface area (TPSA) is 47.1 Å². The van der Waals surface area contributed by atoms with Gasteiger partial charge in [-0.2, -0.15) is 0 Å². The SMILES string of the molecule is c1ccc(-n2c3ccccc3c3ccc(-c4nc(-c5ccccc5N5c6cc7ccccc7cc6-c6cccc7cccc5c67)nc5c4oc4ccccc45)cc32)cc1. The average molecular weight is 753 g/mol. The molecule has 0 radical (unpaired) electrons. The summed E-state index contributed by atoms with van der Waals surface area (Å²) in [6.45, 7) is 0. The predicted molar refractivity (Wildman–Crippen MR) is 243 cm³/mol. The third kappa shape index (κ3) is 4.67. The zero-order chi connectivity index (χ0) is 38.6. The molecule has 1 aliphatic heterocycles. The van der Waals surface area contributed by atoms with Crippen LogP contribution in [0, 0.1) is 0 Å². The van der Waals surface area contributed by atoms with Crippen molar-refractivity contribution in [3.05, 3.63) is 194 Å². The molecule has 9 aromatic carbocycles. The molecule has 0 saturated carbocycles. The Labute approximate surface area is 338 Å². The van der Waals surface area contributed by atoms with E-state index in [1.54, 1.807) is 0 Å². The summed E-state index contributed by atoms with van der Waals surface area (Å²) in [5, 5.41) is 8.17. The smallest absolute Gasteiger partial charge is 0.180 e. The maximum atomic E-state index is 6.68. The Morgan fingerprint density at radius 3 is 2.00 bits per heavy atom. The van der Waals surface area contributed by atoms with E-state index < -0.39 is 0 Å². The van der Waals surface area contributed by atoms with Crippen molar-refractivity contribution in [2.75, 3.05) is 4.90 Å². The molecule has 0 N–H and O–H groups in total. The van der Waals surface area contributed by atoms with Gasteiger partial charge < -0.3 is 13.9 Å². The summed E-state index contributed by atoms with van der Waals surface area (Å²) in [4.78, 5) is 13.3. The fourth-order valence-electron chi connectivity index (χ4n) is 9.49. The molecule has 13 rings (SSSR count). The Balaban J connectivity index is 1.09. The number of rotatable bonds is 4. The van der Waals surface area contributed by atoms with Crippen LogP contribution >= 0.6 is 0 Å². The van der Waals surface area contributed by atoms with Gasteiger partial charge in [0.05, 0.1) is 28.1 Å². The second-order valence-electron chi connectivity index (χ2n) is 15.3. The molecule has 0 bridgehead atoms. The summed E-state index contributed by atoms with van der Waals surface area (Å²) in [6.07, 6.45) is 0. The molecular weight excluding hydrogens is 721 g/mol. The molecule has 12 aromatic rings. The van der Waals surface area contributed by atoms with Gasteiger partial charge in [-0.15, -0.1) is 0 Å². The lowest BCUT2D eigenvalue weighted by Gasteiger charge is -2.34. The molecule has 1 aliphatic rings. The van der Waals surface area contributed by atoms with Crippen LogP contribution in [0.15, 0.2) is 199 Å². The van der Waals surface area contributed by atoms with Crippen molar-refractivity contribution in [2.24, 2.45) is 0 Å². The fraction of sp³-hybridized carbons (Fsp3) is 0. The Morgan fingerprint density at radius 2 is 1.10 bits per heavy atom. The molecule has 0 fully saturated rings. The molecule has 0 atom stereocenters. The van der Waals surface area contributed by atoms with Crippen molar-refractivity contribution in [2.45, 2.75) is 0 Å². The summed E-state index contributed by atoms with van der Waals surface area (Å²) in [5.74, 6) is 0.631. The first kappa shape index (κ1) is 32.1. The molecule has 5 nitrogen and oxygen atoms in total. The average Bonchev–Trinajstić information content (AvgIpc) is 3.84. The van der Waals surface area contributed by atoms with Gasteiger partial charge in [0.1, 0.15) is 16.8 Å². The molecule has 0 unspecified atom stereocenters. The normalized spacial score (nSPS) is 12.4. The van der Waals surface area contributed by atoms with Crippen LogP contribution in [-0.2, 0) is 0 Å². The first-order valence-corrected chi connectivity index (χ1v) is 20.0. The molecule has 274 valence electrons. The van der Waals surface area contributed by atoms with Crippen LogP contribution < -0.4 is 4.90 Å². The largest absolute Gasteiger partial charge is 0.452 e. The van der Waals surface area contributed by atoms with Gasteiger partial charge in [0.15, 0.2) is 11.4 Å². The number of anilines is 3. The molecule has 0 aliphatic carbocycles. The second-order valence-corrected chi connectivity index (χ2v) is 15.3. The van der Waals surface area contributed by atoms with Gasteiger partial charge in [-0.3, -0.25) is 0 Å². The Bertz CT molecular complexity index is 3690. The summed E-state index contributed by atoms with van der Waals surface area (Å²) in [5.41, 5.74) is 13.9. The van der Waals surface area contributed by atoms with Crippen LogP contribution in [-0.4, -0.2) is 14.5 Å². The monoisotopic (exact) mass is 752 g/mol. The van der Waals surface area contributed by atoms with Gasteiger partial charge in [0, 0.05) is 43.9 Å². The number of para-hydroxylation sites is 4. The van der Waals surface area contributed by atoms with Crippen LogP contribution in [0.2, 0.25) is 0 Å². The van der Waals surface area contributed by atoms with Crippen molar-refractivity contribution in [3.63, 3.8) is 0 Å². The molecule has 0 saturated heterocycles. The van der Waals surface area contributed by atoms with Gasteiger partial charge >= 0.3 is 0 Å². The van der Waals surface area contributed by atoms with E-state index in [1.165, 1.54) is 43.4 Å². The summed E-state index contributed by atoms with van der Waals surface area (Å²) < 4.78 is 9.03. The third-order valence-corrected chi connectivity index (χ3v) is 12.1. The zero-order valence-electron chi connectivity index (χ0n) is 31.7. The molecule has 3 aromatic heterocycles. The molecule has 4 heterocycles. The fourth-order valence-corrected chi connectivity index (χ4v) is 9.49. The van der Waals surface area contributed by atoms with Crippen molar-refractivity contribution < 1.29 is 4.42 Å². The number of furan rings is 1. The number of benzene rings is 9. The number of aromatic nitrogens is 3. The maximum absolute atomic E-state index is 6.68. The zero-order valence-corrected chi connectivity index (χ0v) is 31.7. The highest BCUT2D eigenvalue weighted by molar-refractivity contribution is 6.17. The molecular formula is C54H32N4O. The Hall–Kier alpha value is -8.02. The lowest BCUT2D eigenvalue weighted by molar-refractivity contribution is 0.667. The van der Waals surface area contributed by atoms with E-state index in [0.29, 0.717) is 11.4 Å². The quantitative estimate of drug-likeness (QED) is 0.180. The predicted octanol–water partition coefficient (Wildman–Crippen LogP) is 14.6. The van der Waals surface area contributed by atoms with Crippen molar-refractivity contribution >= 4 is 82.5 Å². The second kappa shape index (κ2) is 12.2. The minimum absolute atomic E-state index is 0.631. The number of hydrogen-bond acceptors (Lipinski definition) is 4. The molecule has 59 heavy (non-hydrogen) atoms. The number of nitrogens with zero attached hydrogens (tertiary/aromatic N) is 4. The van der Waals surface area contributed by atoms with Crippen LogP contribution in [0.3, 0.4) is 0 Å². The summed E-state index contributed by atoms with van der Waals surface area (Å²) in [7, 11) is 0. The number of fused-ring (bicyclic) bond motifs is 9. The van der Waals surface area contributed by atoms with E-state index >= 15 is 0 Å². The van der Waals surface area contributed by atoms with E-state index in [4.69, 9.17) is 14.4 Å². The van der Waals surface area contributed by atoms with Crippen LogP contribution in [0.4, 0.5) is 17.1 Å².